The van der Waals surface area contributed by atoms with Gasteiger partial charge in [0.05, 0.1) is 7.11 Å². The van der Waals surface area contributed by atoms with E-state index in [0.717, 1.165) is 17.1 Å². The fraction of sp³-hybridized carbons (Fsp3) is 0.889. The van der Waals surface area contributed by atoms with E-state index in [1.165, 1.54) is 25.5 Å². The van der Waals surface area contributed by atoms with E-state index in [0.29, 0.717) is 13.0 Å². The fourth-order valence-corrected chi connectivity index (χ4v) is 3.05. The lowest BCUT2D eigenvalue weighted by Crippen LogP contribution is -2.52. The van der Waals surface area contributed by atoms with Crippen molar-refractivity contribution in [2.24, 2.45) is 0 Å². The predicted molar refractivity (Wildman–Crippen MR) is 59.0 cm³/mol. The molecule has 0 radical (unpaired) electrons. The minimum atomic E-state index is -3.54. The molecule has 1 unspecified atom stereocenters. The van der Waals surface area contributed by atoms with Gasteiger partial charge in [-0.1, -0.05) is 0 Å². The number of ether oxygens (including phenoxy) is 1. The van der Waals surface area contributed by atoms with Crippen molar-refractivity contribution in [2.45, 2.75) is 25.3 Å². The average molecular weight is 250 g/mol. The minimum absolute atomic E-state index is 0.375. The number of hydrogen-bond acceptors (Lipinski definition) is 4. The summed E-state index contributed by atoms with van der Waals surface area (Å²) in [5, 5.41) is 0. The molecule has 1 aliphatic heterocycles. The number of carbonyl (C=O) groups excluding carboxylic acids is 1. The van der Waals surface area contributed by atoms with Crippen LogP contribution in [0.2, 0.25) is 0 Å². The molecule has 7 heteroatoms. The van der Waals surface area contributed by atoms with Crippen LogP contribution in [-0.4, -0.2) is 56.8 Å². The van der Waals surface area contributed by atoms with E-state index >= 15 is 0 Å². The fourth-order valence-electron chi connectivity index (χ4n) is 1.76. The Bertz CT molecular complexity index is 353. The van der Waals surface area contributed by atoms with Crippen LogP contribution in [0.3, 0.4) is 0 Å². The number of rotatable bonds is 3. The number of methoxy groups -OCH3 is 1. The highest BCUT2D eigenvalue weighted by molar-refractivity contribution is 7.86. The highest BCUT2D eigenvalue weighted by atomic mass is 32.2. The molecule has 0 spiro atoms. The number of carbonyl (C=O) groups is 1. The van der Waals surface area contributed by atoms with Crippen LogP contribution in [0.5, 0.6) is 0 Å². The number of piperidine rings is 1. The maximum absolute atomic E-state index is 12.0. The molecule has 1 heterocycles. The average Bonchev–Trinajstić information content (AvgIpc) is 2.27. The summed E-state index contributed by atoms with van der Waals surface area (Å²) in [6.07, 6.45) is 2.15. The molecule has 1 saturated heterocycles. The summed E-state index contributed by atoms with van der Waals surface area (Å²) in [6, 6.07) is -0.675. The lowest BCUT2D eigenvalue weighted by atomic mass is 10.1. The van der Waals surface area contributed by atoms with Gasteiger partial charge in [-0.25, -0.2) is 0 Å². The first kappa shape index (κ1) is 13.4. The van der Waals surface area contributed by atoms with Crippen molar-refractivity contribution in [3.63, 3.8) is 0 Å². The first-order valence-electron chi connectivity index (χ1n) is 5.18. The number of esters is 1. The van der Waals surface area contributed by atoms with Crippen LogP contribution in [0, 0.1) is 0 Å². The zero-order chi connectivity index (χ0) is 12.3. The normalized spacial score (nSPS) is 23.4. The van der Waals surface area contributed by atoms with Gasteiger partial charge in [-0.05, 0) is 19.3 Å². The third-order valence-electron chi connectivity index (χ3n) is 2.68. The Hall–Kier alpha value is -0.660. The van der Waals surface area contributed by atoms with E-state index in [-0.39, 0.29) is 0 Å². The van der Waals surface area contributed by atoms with Crippen LogP contribution in [0.25, 0.3) is 0 Å². The predicted octanol–water partition coefficient (Wildman–Crippen LogP) is -0.180. The van der Waals surface area contributed by atoms with E-state index in [4.69, 9.17) is 0 Å². The van der Waals surface area contributed by atoms with E-state index < -0.39 is 22.2 Å². The van der Waals surface area contributed by atoms with Gasteiger partial charge in [0.15, 0.2) is 0 Å². The van der Waals surface area contributed by atoms with Gasteiger partial charge in [0.2, 0.25) is 0 Å². The van der Waals surface area contributed by atoms with Gasteiger partial charge < -0.3 is 4.74 Å². The highest BCUT2D eigenvalue weighted by Gasteiger charge is 2.38. The molecule has 0 aromatic heterocycles. The first-order chi connectivity index (χ1) is 7.41. The molecular weight excluding hydrogens is 232 g/mol. The molecule has 94 valence electrons. The van der Waals surface area contributed by atoms with E-state index in [9.17, 15) is 13.2 Å². The number of nitrogens with zero attached hydrogens (tertiary/aromatic N) is 2. The summed E-state index contributed by atoms with van der Waals surface area (Å²) >= 11 is 0. The highest BCUT2D eigenvalue weighted by Crippen LogP contribution is 2.22. The van der Waals surface area contributed by atoms with Crippen molar-refractivity contribution in [1.82, 2.24) is 8.61 Å². The van der Waals surface area contributed by atoms with Crippen LogP contribution in [0.4, 0.5) is 0 Å². The zero-order valence-electron chi connectivity index (χ0n) is 9.84. The zero-order valence-corrected chi connectivity index (χ0v) is 10.7. The molecule has 0 aromatic carbocycles. The summed E-state index contributed by atoms with van der Waals surface area (Å²) in [4.78, 5) is 11.5. The Labute approximate surface area is 96.3 Å². The molecule has 1 fully saturated rings. The maximum atomic E-state index is 12.0. The van der Waals surface area contributed by atoms with Gasteiger partial charge in [0.25, 0.3) is 10.2 Å². The second kappa shape index (κ2) is 5.11. The summed E-state index contributed by atoms with van der Waals surface area (Å²) in [5.74, 6) is -0.481. The van der Waals surface area contributed by atoms with Gasteiger partial charge in [-0.2, -0.15) is 17.0 Å². The molecule has 1 atom stereocenters. The van der Waals surface area contributed by atoms with Crippen molar-refractivity contribution >= 4 is 16.2 Å². The van der Waals surface area contributed by atoms with Crippen molar-refractivity contribution in [1.29, 1.82) is 0 Å². The summed E-state index contributed by atoms with van der Waals surface area (Å²) in [5.41, 5.74) is 0. The Morgan fingerprint density at radius 3 is 2.50 bits per heavy atom. The van der Waals surface area contributed by atoms with Crippen LogP contribution in [0.15, 0.2) is 0 Å². The second-order valence-electron chi connectivity index (χ2n) is 3.94. The van der Waals surface area contributed by atoms with E-state index in [2.05, 4.69) is 4.74 Å². The monoisotopic (exact) mass is 250 g/mol. The lowest BCUT2D eigenvalue weighted by Gasteiger charge is -2.34. The molecule has 1 rings (SSSR count). The topological polar surface area (TPSA) is 66.9 Å². The van der Waals surface area contributed by atoms with Crippen molar-refractivity contribution in [3.8, 4) is 0 Å². The molecule has 0 amide bonds. The molecule has 0 N–H and O–H groups in total. The Kier molecular flexibility index (Phi) is 4.28. The van der Waals surface area contributed by atoms with Crippen LogP contribution in [0.1, 0.15) is 19.3 Å². The summed E-state index contributed by atoms with van der Waals surface area (Å²) in [6.45, 7) is 0.375. The summed E-state index contributed by atoms with van der Waals surface area (Å²) in [7, 11) is 0.650. The largest absolute Gasteiger partial charge is 0.468 e. The smallest absolute Gasteiger partial charge is 0.324 e. The Morgan fingerprint density at radius 1 is 1.38 bits per heavy atom. The van der Waals surface area contributed by atoms with Crippen LogP contribution in [-0.2, 0) is 19.7 Å². The second-order valence-corrected chi connectivity index (χ2v) is 6.03. The summed E-state index contributed by atoms with van der Waals surface area (Å²) < 4.78 is 30.9. The van der Waals surface area contributed by atoms with E-state index in [1.54, 1.807) is 0 Å². The van der Waals surface area contributed by atoms with Crippen molar-refractivity contribution in [2.75, 3.05) is 27.7 Å². The molecule has 0 aliphatic carbocycles. The third-order valence-corrected chi connectivity index (χ3v) is 4.64. The van der Waals surface area contributed by atoms with Gasteiger partial charge >= 0.3 is 5.97 Å². The Morgan fingerprint density at radius 2 is 2.00 bits per heavy atom. The SMILES string of the molecule is COC(=O)C1CCCCN1S(=O)(=O)N(C)C. The molecular formula is C9H18N2O4S. The lowest BCUT2D eigenvalue weighted by molar-refractivity contribution is -0.146. The van der Waals surface area contributed by atoms with Crippen molar-refractivity contribution < 1.29 is 17.9 Å². The third kappa shape index (κ3) is 2.53. The van der Waals surface area contributed by atoms with Gasteiger partial charge in [0, 0.05) is 20.6 Å². The molecule has 1 aliphatic rings. The first-order valence-corrected chi connectivity index (χ1v) is 6.58. The van der Waals surface area contributed by atoms with Gasteiger partial charge in [0.1, 0.15) is 6.04 Å². The minimum Gasteiger partial charge on any atom is -0.468 e. The maximum Gasteiger partial charge on any atom is 0.324 e. The van der Waals surface area contributed by atoms with Gasteiger partial charge in [-0.3, -0.25) is 4.79 Å². The molecule has 16 heavy (non-hydrogen) atoms. The molecule has 0 aromatic rings. The standard InChI is InChI=1S/C9H18N2O4S/c1-10(2)16(13,14)11-7-5-4-6-8(11)9(12)15-3/h8H,4-7H2,1-3H3. The molecule has 0 saturated carbocycles. The van der Waals surface area contributed by atoms with Gasteiger partial charge in [-0.15, -0.1) is 0 Å². The van der Waals surface area contributed by atoms with E-state index in [1.807, 2.05) is 0 Å². The molecule has 6 nitrogen and oxygen atoms in total. The van der Waals surface area contributed by atoms with Crippen molar-refractivity contribution in [3.05, 3.63) is 0 Å². The van der Waals surface area contributed by atoms with Crippen LogP contribution >= 0.6 is 0 Å². The quantitative estimate of drug-likeness (QED) is 0.652. The molecule has 0 bridgehead atoms. The number of hydrogen-bond donors (Lipinski definition) is 0. The van der Waals surface area contributed by atoms with Crippen LogP contribution < -0.4 is 0 Å². The Balaban J connectivity index is 2.95.